The maximum atomic E-state index is 12.7. The number of aliphatic carboxylic acids is 1. The van der Waals surface area contributed by atoms with Gasteiger partial charge in [-0.1, -0.05) is 18.2 Å². The minimum atomic E-state index is -0.889. The van der Waals surface area contributed by atoms with Gasteiger partial charge in [-0.15, -0.1) is 0 Å². The molecule has 0 aromatic heterocycles. The minimum Gasteiger partial charge on any atom is -0.481 e. The number of rotatable bonds is 4. The molecule has 1 aliphatic heterocycles. The third kappa shape index (κ3) is 3.97. The zero-order chi connectivity index (χ0) is 15.2. The average Bonchev–Trinajstić information content (AvgIpc) is 2.49. The SMILES string of the molecule is Cc1ccccc1N(CCC(=O)O)C(=O)N1CCCCC1. The van der Waals surface area contributed by atoms with Crippen molar-refractivity contribution in [1.82, 2.24) is 4.90 Å². The van der Waals surface area contributed by atoms with E-state index in [1.165, 1.54) is 0 Å². The maximum absolute atomic E-state index is 12.7. The minimum absolute atomic E-state index is 0.0477. The molecule has 2 amide bonds. The van der Waals surface area contributed by atoms with Crippen molar-refractivity contribution in [2.24, 2.45) is 0 Å². The van der Waals surface area contributed by atoms with Gasteiger partial charge in [-0.25, -0.2) is 4.79 Å². The van der Waals surface area contributed by atoms with E-state index in [0.29, 0.717) is 0 Å². The first-order valence-electron chi connectivity index (χ1n) is 7.43. The van der Waals surface area contributed by atoms with Gasteiger partial charge in [0.1, 0.15) is 0 Å². The fourth-order valence-corrected chi connectivity index (χ4v) is 2.65. The molecule has 0 spiro atoms. The molecular formula is C16H22N2O3. The molecular weight excluding hydrogens is 268 g/mol. The number of likely N-dealkylation sites (tertiary alicyclic amines) is 1. The fraction of sp³-hybridized carbons (Fsp3) is 0.500. The summed E-state index contributed by atoms with van der Waals surface area (Å²) in [6.07, 6.45) is 3.15. The highest BCUT2D eigenvalue weighted by Gasteiger charge is 2.25. The van der Waals surface area contributed by atoms with Crippen LogP contribution in [0.4, 0.5) is 10.5 Å². The van der Waals surface area contributed by atoms with Gasteiger partial charge in [0.15, 0.2) is 0 Å². The second-order valence-corrected chi connectivity index (χ2v) is 5.41. The number of piperidine rings is 1. The van der Waals surface area contributed by atoms with Crippen molar-refractivity contribution in [3.63, 3.8) is 0 Å². The molecule has 2 rings (SSSR count). The second-order valence-electron chi connectivity index (χ2n) is 5.41. The predicted octanol–water partition coefficient (Wildman–Crippen LogP) is 2.88. The predicted molar refractivity (Wildman–Crippen MR) is 81.6 cm³/mol. The van der Waals surface area contributed by atoms with Crippen LogP contribution in [0.2, 0.25) is 0 Å². The normalized spacial score (nSPS) is 14.8. The first-order valence-corrected chi connectivity index (χ1v) is 7.43. The van der Waals surface area contributed by atoms with Gasteiger partial charge in [-0.05, 0) is 37.8 Å². The van der Waals surface area contributed by atoms with Crippen LogP contribution in [0, 0.1) is 6.92 Å². The number of nitrogens with zero attached hydrogens (tertiary/aromatic N) is 2. The lowest BCUT2D eigenvalue weighted by molar-refractivity contribution is -0.136. The van der Waals surface area contributed by atoms with Crippen LogP contribution in [-0.4, -0.2) is 41.6 Å². The Balaban J connectivity index is 2.20. The van der Waals surface area contributed by atoms with Gasteiger partial charge in [0.2, 0.25) is 0 Å². The molecule has 0 atom stereocenters. The number of hydrogen-bond donors (Lipinski definition) is 1. The van der Waals surface area contributed by atoms with E-state index < -0.39 is 5.97 Å². The molecule has 1 aromatic carbocycles. The van der Waals surface area contributed by atoms with Crippen LogP contribution < -0.4 is 4.90 Å². The Morgan fingerprint density at radius 2 is 1.86 bits per heavy atom. The molecule has 114 valence electrons. The van der Waals surface area contributed by atoms with Gasteiger partial charge in [-0.3, -0.25) is 9.69 Å². The number of anilines is 1. The lowest BCUT2D eigenvalue weighted by Crippen LogP contribution is -2.46. The first kappa shape index (κ1) is 15.4. The van der Waals surface area contributed by atoms with E-state index in [-0.39, 0.29) is 19.0 Å². The number of urea groups is 1. The summed E-state index contributed by atoms with van der Waals surface area (Å²) in [7, 11) is 0. The van der Waals surface area contributed by atoms with Crippen LogP contribution in [0.1, 0.15) is 31.2 Å². The fourth-order valence-electron chi connectivity index (χ4n) is 2.65. The molecule has 1 N–H and O–H groups in total. The van der Waals surface area contributed by atoms with E-state index >= 15 is 0 Å². The van der Waals surface area contributed by atoms with E-state index in [9.17, 15) is 9.59 Å². The number of benzene rings is 1. The smallest absolute Gasteiger partial charge is 0.324 e. The molecule has 1 saturated heterocycles. The Morgan fingerprint density at radius 3 is 2.48 bits per heavy atom. The second kappa shape index (κ2) is 7.11. The van der Waals surface area contributed by atoms with E-state index in [0.717, 1.165) is 43.6 Å². The quantitative estimate of drug-likeness (QED) is 0.927. The standard InChI is InChI=1S/C16H22N2O3/c1-13-7-3-4-8-14(13)18(12-9-15(19)20)16(21)17-10-5-2-6-11-17/h3-4,7-8H,2,5-6,9-12H2,1H3,(H,19,20). The summed E-state index contributed by atoms with van der Waals surface area (Å²) < 4.78 is 0. The van der Waals surface area contributed by atoms with Gasteiger partial charge in [-0.2, -0.15) is 0 Å². The van der Waals surface area contributed by atoms with Gasteiger partial charge < -0.3 is 10.0 Å². The Bertz CT molecular complexity index is 510. The Hall–Kier alpha value is -2.04. The van der Waals surface area contributed by atoms with Crippen LogP contribution in [0.5, 0.6) is 0 Å². The molecule has 1 aliphatic rings. The molecule has 1 aromatic rings. The molecule has 1 fully saturated rings. The average molecular weight is 290 g/mol. The van der Waals surface area contributed by atoms with Gasteiger partial charge in [0.05, 0.1) is 6.42 Å². The lowest BCUT2D eigenvalue weighted by atomic mass is 10.1. The summed E-state index contributed by atoms with van der Waals surface area (Å²) in [5.41, 5.74) is 1.78. The Kier molecular flexibility index (Phi) is 5.20. The van der Waals surface area contributed by atoms with Crippen LogP contribution in [0.15, 0.2) is 24.3 Å². The molecule has 0 saturated carbocycles. The summed E-state index contributed by atoms with van der Waals surface area (Å²) in [6, 6.07) is 7.52. The zero-order valence-corrected chi connectivity index (χ0v) is 12.4. The van der Waals surface area contributed by atoms with E-state index in [1.807, 2.05) is 36.1 Å². The van der Waals surface area contributed by atoms with Crippen molar-refractivity contribution in [1.29, 1.82) is 0 Å². The monoisotopic (exact) mass is 290 g/mol. The van der Waals surface area contributed by atoms with Crippen LogP contribution in [-0.2, 0) is 4.79 Å². The van der Waals surface area contributed by atoms with Crippen molar-refractivity contribution in [3.8, 4) is 0 Å². The summed E-state index contributed by atoms with van der Waals surface area (Å²) >= 11 is 0. The molecule has 1 heterocycles. The van der Waals surface area contributed by atoms with Crippen LogP contribution in [0.3, 0.4) is 0 Å². The third-order valence-electron chi connectivity index (χ3n) is 3.81. The highest BCUT2D eigenvalue weighted by atomic mass is 16.4. The number of carboxylic acids is 1. The van der Waals surface area contributed by atoms with E-state index in [1.54, 1.807) is 4.90 Å². The number of carbonyl (C=O) groups is 2. The largest absolute Gasteiger partial charge is 0.481 e. The van der Waals surface area contributed by atoms with E-state index in [2.05, 4.69) is 0 Å². The summed E-state index contributed by atoms with van der Waals surface area (Å²) in [5.74, 6) is -0.889. The van der Waals surface area contributed by atoms with Crippen LogP contribution in [0.25, 0.3) is 0 Å². The number of para-hydroxylation sites is 1. The number of carbonyl (C=O) groups excluding carboxylic acids is 1. The summed E-state index contributed by atoms with van der Waals surface area (Å²) in [6.45, 7) is 3.66. The third-order valence-corrected chi connectivity index (χ3v) is 3.81. The van der Waals surface area contributed by atoms with Gasteiger partial charge >= 0.3 is 12.0 Å². The van der Waals surface area contributed by atoms with E-state index in [4.69, 9.17) is 5.11 Å². The summed E-state index contributed by atoms with van der Waals surface area (Å²) in [4.78, 5) is 27.0. The highest BCUT2D eigenvalue weighted by molar-refractivity contribution is 5.93. The molecule has 5 nitrogen and oxygen atoms in total. The zero-order valence-electron chi connectivity index (χ0n) is 12.4. The molecule has 0 unspecified atom stereocenters. The molecule has 21 heavy (non-hydrogen) atoms. The Labute approximate surface area is 125 Å². The molecule has 0 aliphatic carbocycles. The van der Waals surface area contributed by atoms with Crippen molar-refractivity contribution in [2.45, 2.75) is 32.6 Å². The number of carboxylic acid groups (broad SMARTS) is 1. The Morgan fingerprint density at radius 1 is 1.19 bits per heavy atom. The molecule has 0 radical (unpaired) electrons. The number of hydrogen-bond acceptors (Lipinski definition) is 2. The highest BCUT2D eigenvalue weighted by Crippen LogP contribution is 2.22. The molecule has 5 heteroatoms. The first-order chi connectivity index (χ1) is 10.1. The van der Waals surface area contributed by atoms with Gasteiger partial charge in [0, 0.05) is 25.3 Å². The maximum Gasteiger partial charge on any atom is 0.324 e. The van der Waals surface area contributed by atoms with Crippen LogP contribution >= 0.6 is 0 Å². The summed E-state index contributed by atoms with van der Waals surface area (Å²) in [5, 5.41) is 8.92. The van der Waals surface area contributed by atoms with Crippen molar-refractivity contribution in [3.05, 3.63) is 29.8 Å². The number of amides is 2. The number of aryl methyl sites for hydroxylation is 1. The van der Waals surface area contributed by atoms with Crippen molar-refractivity contribution in [2.75, 3.05) is 24.5 Å². The topological polar surface area (TPSA) is 60.9 Å². The molecule has 0 bridgehead atoms. The lowest BCUT2D eigenvalue weighted by Gasteiger charge is -2.33. The van der Waals surface area contributed by atoms with Crippen molar-refractivity contribution < 1.29 is 14.7 Å². The van der Waals surface area contributed by atoms with Crippen molar-refractivity contribution >= 4 is 17.7 Å². The van der Waals surface area contributed by atoms with Gasteiger partial charge in [0.25, 0.3) is 0 Å².